The van der Waals surface area contributed by atoms with Gasteiger partial charge in [-0.2, -0.15) is 4.98 Å². The van der Waals surface area contributed by atoms with E-state index in [1.807, 2.05) is 42.3 Å². The highest BCUT2D eigenvalue weighted by molar-refractivity contribution is 5.56. The van der Waals surface area contributed by atoms with Gasteiger partial charge in [0.05, 0.1) is 24.9 Å². The van der Waals surface area contributed by atoms with Crippen molar-refractivity contribution >= 4 is 0 Å². The van der Waals surface area contributed by atoms with Crippen LogP contribution in [0.15, 0.2) is 57.5 Å². The van der Waals surface area contributed by atoms with Crippen LogP contribution < -0.4 is 4.74 Å². The summed E-state index contributed by atoms with van der Waals surface area (Å²) >= 11 is 0. The van der Waals surface area contributed by atoms with Crippen LogP contribution in [0.3, 0.4) is 0 Å². The SMILES string of the molecule is COc1ccc(-c2nc(CN(C)Cc3nc(-c4ccccc4)no3)c(C)o2)c(F)c1. The molecule has 0 bridgehead atoms. The lowest BCUT2D eigenvalue weighted by Crippen LogP contribution is -2.18. The average Bonchev–Trinajstić information content (AvgIpc) is 3.35. The first-order valence-electron chi connectivity index (χ1n) is 9.40. The molecule has 30 heavy (non-hydrogen) atoms. The van der Waals surface area contributed by atoms with E-state index in [0.29, 0.717) is 42.0 Å². The van der Waals surface area contributed by atoms with E-state index in [0.717, 1.165) is 5.56 Å². The van der Waals surface area contributed by atoms with Crippen LogP contribution >= 0.6 is 0 Å². The smallest absolute Gasteiger partial charge is 0.241 e. The van der Waals surface area contributed by atoms with Crippen LogP contribution in [0.2, 0.25) is 0 Å². The maximum Gasteiger partial charge on any atom is 0.241 e. The number of hydrogen-bond donors (Lipinski definition) is 0. The minimum atomic E-state index is -0.449. The van der Waals surface area contributed by atoms with Crippen LogP contribution in [0, 0.1) is 12.7 Å². The van der Waals surface area contributed by atoms with Crippen molar-refractivity contribution in [3.8, 4) is 28.6 Å². The highest BCUT2D eigenvalue weighted by Gasteiger charge is 2.18. The molecule has 0 atom stereocenters. The second-order valence-corrected chi connectivity index (χ2v) is 6.92. The van der Waals surface area contributed by atoms with Gasteiger partial charge in [0.2, 0.25) is 17.6 Å². The van der Waals surface area contributed by atoms with E-state index >= 15 is 0 Å². The average molecular weight is 408 g/mol. The van der Waals surface area contributed by atoms with E-state index in [1.54, 1.807) is 19.1 Å². The summed E-state index contributed by atoms with van der Waals surface area (Å²) in [5, 5.41) is 4.03. The normalized spacial score (nSPS) is 11.2. The summed E-state index contributed by atoms with van der Waals surface area (Å²) in [6, 6.07) is 14.2. The predicted molar refractivity (Wildman–Crippen MR) is 108 cm³/mol. The number of benzene rings is 2. The topological polar surface area (TPSA) is 77.4 Å². The molecule has 7 nitrogen and oxygen atoms in total. The molecule has 0 saturated heterocycles. The molecule has 2 aromatic carbocycles. The molecular weight excluding hydrogens is 387 g/mol. The van der Waals surface area contributed by atoms with Gasteiger partial charge < -0.3 is 13.7 Å². The van der Waals surface area contributed by atoms with E-state index in [4.69, 9.17) is 13.7 Å². The third-order valence-corrected chi connectivity index (χ3v) is 4.62. The highest BCUT2D eigenvalue weighted by atomic mass is 19.1. The van der Waals surface area contributed by atoms with Gasteiger partial charge >= 0.3 is 0 Å². The maximum absolute atomic E-state index is 14.3. The van der Waals surface area contributed by atoms with Crippen LogP contribution in [0.5, 0.6) is 5.75 Å². The molecule has 154 valence electrons. The molecule has 8 heteroatoms. The molecule has 0 saturated carbocycles. The van der Waals surface area contributed by atoms with Crippen LogP contribution in [-0.2, 0) is 13.1 Å². The maximum atomic E-state index is 14.3. The van der Waals surface area contributed by atoms with Gasteiger partial charge in [-0.3, -0.25) is 4.90 Å². The fraction of sp³-hybridized carbons (Fsp3) is 0.227. The number of rotatable bonds is 7. The zero-order valence-electron chi connectivity index (χ0n) is 16.9. The monoisotopic (exact) mass is 408 g/mol. The number of aromatic nitrogens is 3. The minimum Gasteiger partial charge on any atom is -0.497 e. The lowest BCUT2D eigenvalue weighted by Gasteiger charge is -2.12. The Labute approximate surface area is 173 Å². The lowest BCUT2D eigenvalue weighted by molar-refractivity contribution is 0.258. The standard InChI is InChI=1S/C22H21FN4O3/c1-14-19(24-22(29-14)17-10-9-16(28-3)11-18(17)23)12-27(2)13-20-25-21(26-30-20)15-7-5-4-6-8-15/h4-11H,12-13H2,1-3H3. The molecule has 4 aromatic rings. The van der Waals surface area contributed by atoms with Crippen LogP contribution in [-0.4, -0.2) is 34.2 Å². The minimum absolute atomic E-state index is 0.236. The molecule has 2 aromatic heterocycles. The zero-order chi connectivity index (χ0) is 21.1. The molecule has 0 radical (unpaired) electrons. The Balaban J connectivity index is 1.45. The number of nitrogens with zero attached hydrogens (tertiary/aromatic N) is 4. The molecule has 0 N–H and O–H groups in total. The van der Waals surface area contributed by atoms with Gasteiger partial charge in [0, 0.05) is 18.2 Å². The molecule has 0 aliphatic heterocycles. The molecule has 0 spiro atoms. The van der Waals surface area contributed by atoms with E-state index < -0.39 is 5.82 Å². The molecule has 0 unspecified atom stereocenters. The Kier molecular flexibility index (Phi) is 5.58. The molecule has 2 heterocycles. The third kappa shape index (κ3) is 4.23. The van der Waals surface area contributed by atoms with Gasteiger partial charge in [0.15, 0.2) is 0 Å². The summed E-state index contributed by atoms with van der Waals surface area (Å²) in [4.78, 5) is 10.9. The van der Waals surface area contributed by atoms with E-state index in [1.165, 1.54) is 13.2 Å². The van der Waals surface area contributed by atoms with Crippen molar-refractivity contribution in [2.45, 2.75) is 20.0 Å². The number of hydrogen-bond acceptors (Lipinski definition) is 7. The number of oxazole rings is 1. The summed E-state index contributed by atoms with van der Waals surface area (Å²) < 4.78 is 30.4. The molecule has 0 amide bonds. The number of aryl methyl sites for hydroxylation is 1. The van der Waals surface area contributed by atoms with Gasteiger partial charge in [-0.05, 0) is 26.1 Å². The van der Waals surface area contributed by atoms with Crippen molar-refractivity contribution in [2.24, 2.45) is 0 Å². The fourth-order valence-electron chi connectivity index (χ4n) is 3.05. The quantitative estimate of drug-likeness (QED) is 0.446. The molecule has 0 aliphatic carbocycles. The molecular formula is C22H21FN4O3. The summed E-state index contributed by atoms with van der Waals surface area (Å²) in [5.74, 6) is 1.90. The van der Waals surface area contributed by atoms with Crippen molar-refractivity contribution < 1.29 is 18.1 Å². The Morgan fingerprint density at radius 3 is 2.60 bits per heavy atom. The largest absolute Gasteiger partial charge is 0.497 e. The zero-order valence-corrected chi connectivity index (χ0v) is 16.9. The number of halogens is 1. The Morgan fingerprint density at radius 2 is 1.87 bits per heavy atom. The number of ether oxygens (including phenoxy) is 1. The van der Waals surface area contributed by atoms with Crippen LogP contribution in [0.25, 0.3) is 22.8 Å². The van der Waals surface area contributed by atoms with Gasteiger partial charge in [-0.1, -0.05) is 35.5 Å². The summed E-state index contributed by atoms with van der Waals surface area (Å²) in [5.41, 5.74) is 1.90. The highest BCUT2D eigenvalue weighted by Crippen LogP contribution is 2.27. The van der Waals surface area contributed by atoms with Crippen molar-refractivity contribution in [3.05, 3.63) is 71.7 Å². The van der Waals surface area contributed by atoms with Gasteiger partial charge in [0.25, 0.3) is 0 Å². The predicted octanol–water partition coefficient (Wildman–Crippen LogP) is 4.48. The van der Waals surface area contributed by atoms with E-state index in [-0.39, 0.29) is 11.5 Å². The lowest BCUT2D eigenvalue weighted by atomic mass is 10.2. The van der Waals surface area contributed by atoms with Crippen molar-refractivity contribution in [1.82, 2.24) is 20.0 Å². The Bertz CT molecular complexity index is 1140. The first-order chi connectivity index (χ1) is 14.5. The Morgan fingerprint density at radius 1 is 1.07 bits per heavy atom. The van der Waals surface area contributed by atoms with E-state index in [2.05, 4.69) is 15.1 Å². The van der Waals surface area contributed by atoms with Gasteiger partial charge in [0.1, 0.15) is 17.3 Å². The molecule has 0 fully saturated rings. The third-order valence-electron chi connectivity index (χ3n) is 4.62. The molecule has 4 rings (SSSR count). The first kappa shape index (κ1) is 19.8. The van der Waals surface area contributed by atoms with E-state index in [9.17, 15) is 4.39 Å². The summed E-state index contributed by atoms with van der Waals surface area (Å²) in [7, 11) is 3.40. The number of methoxy groups -OCH3 is 1. The summed E-state index contributed by atoms with van der Waals surface area (Å²) in [6.45, 7) is 2.73. The van der Waals surface area contributed by atoms with Crippen LogP contribution in [0.1, 0.15) is 17.3 Å². The second kappa shape index (κ2) is 8.46. The van der Waals surface area contributed by atoms with Gasteiger partial charge in [-0.25, -0.2) is 9.37 Å². The van der Waals surface area contributed by atoms with Crippen molar-refractivity contribution in [1.29, 1.82) is 0 Å². The van der Waals surface area contributed by atoms with Crippen molar-refractivity contribution in [3.63, 3.8) is 0 Å². The second-order valence-electron chi connectivity index (χ2n) is 6.92. The summed E-state index contributed by atoms with van der Waals surface area (Å²) in [6.07, 6.45) is 0. The fourth-order valence-corrected chi connectivity index (χ4v) is 3.05. The van der Waals surface area contributed by atoms with Crippen LogP contribution in [0.4, 0.5) is 4.39 Å². The Hall–Kier alpha value is -3.52. The first-order valence-corrected chi connectivity index (χ1v) is 9.40. The van der Waals surface area contributed by atoms with Crippen molar-refractivity contribution in [2.75, 3.05) is 14.2 Å². The van der Waals surface area contributed by atoms with Gasteiger partial charge in [-0.15, -0.1) is 0 Å². The molecule has 0 aliphatic rings.